The summed E-state index contributed by atoms with van der Waals surface area (Å²) in [6, 6.07) is 0. The predicted octanol–water partition coefficient (Wildman–Crippen LogP) is 2.84. The molecule has 0 N–H and O–H groups in total. The number of rotatable bonds is 8. The predicted molar refractivity (Wildman–Crippen MR) is 66.1 cm³/mol. The van der Waals surface area contributed by atoms with Crippen LogP contribution in [0.3, 0.4) is 0 Å². The highest BCUT2D eigenvalue weighted by atomic mass is 31.2. The maximum absolute atomic E-state index is 12.5. The SMILES string of the molecule is CCOC(=O)[C@H](C(C)C)P(=O)(OCC)OCC. The molecule has 0 aliphatic heterocycles. The molecule has 0 bridgehead atoms. The van der Waals surface area contributed by atoms with Crippen molar-refractivity contribution in [3.05, 3.63) is 0 Å². The van der Waals surface area contributed by atoms with Crippen LogP contribution < -0.4 is 0 Å². The van der Waals surface area contributed by atoms with Crippen molar-refractivity contribution in [3.63, 3.8) is 0 Å². The van der Waals surface area contributed by atoms with E-state index in [4.69, 9.17) is 13.8 Å². The lowest BCUT2D eigenvalue weighted by Crippen LogP contribution is -2.30. The molecule has 17 heavy (non-hydrogen) atoms. The summed E-state index contributed by atoms with van der Waals surface area (Å²) in [5, 5.41) is 0. The monoisotopic (exact) mass is 266 g/mol. The molecule has 0 spiro atoms. The Labute approximate surface area is 103 Å². The third kappa shape index (κ3) is 4.78. The van der Waals surface area contributed by atoms with Gasteiger partial charge in [-0.05, 0) is 26.7 Å². The Morgan fingerprint density at radius 3 is 1.82 bits per heavy atom. The Hall–Kier alpha value is -0.380. The van der Waals surface area contributed by atoms with E-state index in [0.717, 1.165) is 0 Å². The fourth-order valence-corrected chi connectivity index (χ4v) is 3.73. The normalized spacial score (nSPS) is 13.8. The molecule has 102 valence electrons. The van der Waals surface area contributed by atoms with Crippen molar-refractivity contribution in [1.82, 2.24) is 0 Å². The van der Waals surface area contributed by atoms with E-state index < -0.39 is 19.2 Å². The van der Waals surface area contributed by atoms with Crippen LogP contribution in [0.15, 0.2) is 0 Å². The number of ether oxygens (including phenoxy) is 1. The second-order valence-corrected chi connectivity index (χ2v) is 5.97. The molecule has 0 aromatic heterocycles. The lowest BCUT2D eigenvalue weighted by molar-refractivity contribution is -0.144. The second kappa shape index (κ2) is 7.85. The van der Waals surface area contributed by atoms with Crippen LogP contribution in [0.5, 0.6) is 0 Å². The van der Waals surface area contributed by atoms with Crippen LogP contribution in [0.25, 0.3) is 0 Å². The number of hydrogen-bond donors (Lipinski definition) is 0. The van der Waals surface area contributed by atoms with E-state index in [0.29, 0.717) is 0 Å². The molecule has 1 atom stereocenters. The Kier molecular flexibility index (Phi) is 7.68. The molecule has 0 saturated heterocycles. The Morgan fingerprint density at radius 2 is 1.53 bits per heavy atom. The van der Waals surface area contributed by atoms with Crippen LogP contribution in [0.4, 0.5) is 0 Å². The van der Waals surface area contributed by atoms with Crippen LogP contribution in [0.1, 0.15) is 34.6 Å². The van der Waals surface area contributed by atoms with Gasteiger partial charge < -0.3 is 13.8 Å². The zero-order valence-corrected chi connectivity index (χ0v) is 12.2. The molecular formula is C11H23O5P. The molecule has 0 rings (SSSR count). The van der Waals surface area contributed by atoms with Gasteiger partial charge in [-0.1, -0.05) is 13.8 Å². The van der Waals surface area contributed by atoms with E-state index in [1.165, 1.54) is 0 Å². The summed E-state index contributed by atoms with van der Waals surface area (Å²) in [4.78, 5) is 11.8. The molecule has 0 aromatic carbocycles. The fourth-order valence-electron chi connectivity index (χ4n) is 1.55. The van der Waals surface area contributed by atoms with Crippen LogP contribution in [-0.4, -0.2) is 31.4 Å². The molecule has 0 aromatic rings. The topological polar surface area (TPSA) is 61.8 Å². The molecule has 5 nitrogen and oxygen atoms in total. The maximum atomic E-state index is 12.5. The van der Waals surface area contributed by atoms with E-state index in [9.17, 15) is 9.36 Å². The molecule has 0 saturated carbocycles. The van der Waals surface area contributed by atoms with Gasteiger partial charge in [-0.25, -0.2) is 0 Å². The third-order valence-electron chi connectivity index (χ3n) is 2.12. The van der Waals surface area contributed by atoms with Crippen LogP contribution in [0, 0.1) is 5.92 Å². The minimum Gasteiger partial charge on any atom is -0.465 e. The zero-order valence-electron chi connectivity index (χ0n) is 11.3. The minimum atomic E-state index is -3.45. The smallest absolute Gasteiger partial charge is 0.345 e. The lowest BCUT2D eigenvalue weighted by Gasteiger charge is -2.27. The first-order valence-corrected chi connectivity index (χ1v) is 7.59. The Bertz CT molecular complexity index is 267. The summed E-state index contributed by atoms with van der Waals surface area (Å²) in [5.74, 6) is -0.689. The van der Waals surface area contributed by atoms with Gasteiger partial charge in [-0.3, -0.25) is 9.36 Å². The highest BCUT2D eigenvalue weighted by Crippen LogP contribution is 2.55. The minimum absolute atomic E-state index is 0.169. The van der Waals surface area contributed by atoms with Gasteiger partial charge in [0.05, 0.1) is 19.8 Å². The van der Waals surface area contributed by atoms with Crippen LogP contribution in [0.2, 0.25) is 0 Å². The van der Waals surface area contributed by atoms with E-state index >= 15 is 0 Å². The average molecular weight is 266 g/mol. The summed E-state index contributed by atoms with van der Waals surface area (Å²) in [5.41, 5.74) is -0.859. The molecular weight excluding hydrogens is 243 g/mol. The number of carbonyl (C=O) groups is 1. The number of esters is 1. The quantitative estimate of drug-likeness (QED) is 0.499. The molecule has 0 fully saturated rings. The third-order valence-corrected chi connectivity index (χ3v) is 4.84. The highest BCUT2D eigenvalue weighted by molar-refractivity contribution is 7.55. The highest BCUT2D eigenvalue weighted by Gasteiger charge is 2.44. The van der Waals surface area contributed by atoms with Gasteiger partial charge >= 0.3 is 13.6 Å². The van der Waals surface area contributed by atoms with Crippen molar-refractivity contribution >= 4 is 13.6 Å². The molecule has 0 heterocycles. The van der Waals surface area contributed by atoms with Crippen molar-refractivity contribution in [3.8, 4) is 0 Å². The first kappa shape index (κ1) is 16.6. The van der Waals surface area contributed by atoms with E-state index in [-0.39, 0.29) is 25.7 Å². The summed E-state index contributed by atoms with van der Waals surface area (Å²) in [6.07, 6.45) is 0. The van der Waals surface area contributed by atoms with Crippen molar-refractivity contribution in [1.29, 1.82) is 0 Å². The lowest BCUT2D eigenvalue weighted by atomic mass is 10.1. The van der Waals surface area contributed by atoms with Crippen molar-refractivity contribution in [2.75, 3.05) is 19.8 Å². The van der Waals surface area contributed by atoms with Gasteiger partial charge in [0.15, 0.2) is 5.66 Å². The molecule has 0 aliphatic rings. The van der Waals surface area contributed by atoms with Crippen molar-refractivity contribution in [2.45, 2.75) is 40.3 Å². The van der Waals surface area contributed by atoms with Gasteiger partial charge in [0.1, 0.15) is 0 Å². The van der Waals surface area contributed by atoms with E-state index in [1.54, 1.807) is 34.6 Å². The Morgan fingerprint density at radius 1 is 1.06 bits per heavy atom. The van der Waals surface area contributed by atoms with Crippen LogP contribution in [-0.2, 0) is 23.1 Å². The van der Waals surface area contributed by atoms with Gasteiger partial charge in [0, 0.05) is 0 Å². The number of carbonyl (C=O) groups excluding carboxylic acids is 1. The zero-order chi connectivity index (χ0) is 13.5. The summed E-state index contributed by atoms with van der Waals surface area (Å²) < 4.78 is 27.8. The first-order valence-electron chi connectivity index (χ1n) is 5.98. The second-order valence-electron chi connectivity index (χ2n) is 3.82. The van der Waals surface area contributed by atoms with Gasteiger partial charge in [0.25, 0.3) is 0 Å². The van der Waals surface area contributed by atoms with E-state index in [1.807, 2.05) is 0 Å². The molecule has 6 heteroatoms. The summed E-state index contributed by atoms with van der Waals surface area (Å²) >= 11 is 0. The van der Waals surface area contributed by atoms with E-state index in [2.05, 4.69) is 0 Å². The standard InChI is InChI=1S/C11H23O5P/c1-6-14-11(12)10(9(4)5)17(13,15-7-2)16-8-3/h9-10H,6-8H2,1-5H3/t10-/m0/s1. The molecule has 0 amide bonds. The summed E-state index contributed by atoms with van der Waals surface area (Å²) in [7, 11) is -3.45. The molecule has 0 radical (unpaired) electrons. The largest absolute Gasteiger partial charge is 0.465 e. The average Bonchev–Trinajstić information content (AvgIpc) is 2.17. The Balaban J connectivity index is 5.09. The summed E-state index contributed by atoms with van der Waals surface area (Å²) in [6.45, 7) is 9.46. The first-order chi connectivity index (χ1) is 7.92. The molecule has 0 unspecified atom stereocenters. The van der Waals surface area contributed by atoms with Crippen LogP contribution >= 0.6 is 7.60 Å². The van der Waals surface area contributed by atoms with Gasteiger partial charge in [-0.15, -0.1) is 0 Å². The fraction of sp³-hybridized carbons (Fsp3) is 0.909. The number of hydrogen-bond acceptors (Lipinski definition) is 5. The van der Waals surface area contributed by atoms with Crippen molar-refractivity contribution in [2.24, 2.45) is 5.92 Å². The molecule has 0 aliphatic carbocycles. The van der Waals surface area contributed by atoms with Gasteiger partial charge in [-0.2, -0.15) is 0 Å². The maximum Gasteiger partial charge on any atom is 0.345 e. The van der Waals surface area contributed by atoms with Gasteiger partial charge in [0.2, 0.25) is 0 Å². The van der Waals surface area contributed by atoms with Crippen molar-refractivity contribution < 1.29 is 23.1 Å².